The summed E-state index contributed by atoms with van der Waals surface area (Å²) < 4.78 is 0. The minimum Gasteiger partial charge on any atom is -0.325 e. The molecule has 1 aromatic carbocycles. The summed E-state index contributed by atoms with van der Waals surface area (Å²) >= 11 is 0. The maximum Gasteiger partial charge on any atom is 0.235 e. The second-order valence-corrected chi connectivity index (χ2v) is 5.07. The number of carbonyl (C=O) groups excluding carboxylic acids is 1. The summed E-state index contributed by atoms with van der Waals surface area (Å²) in [6.45, 7) is 3.82. The Morgan fingerprint density at radius 2 is 2.00 bits per heavy atom. The highest BCUT2D eigenvalue weighted by Crippen LogP contribution is 2.42. The molecule has 0 spiro atoms. The quantitative estimate of drug-likeness (QED) is 0.862. The number of anilines is 1. The van der Waals surface area contributed by atoms with Gasteiger partial charge in [-0.1, -0.05) is 30.3 Å². The number of fused-ring (bicyclic) bond motifs is 1. The summed E-state index contributed by atoms with van der Waals surface area (Å²) in [6, 6.07) is 13.6. The van der Waals surface area contributed by atoms with Crippen LogP contribution in [-0.2, 0) is 16.6 Å². The Labute approximate surface area is 118 Å². The van der Waals surface area contributed by atoms with E-state index >= 15 is 0 Å². The number of hydrogen-bond acceptors (Lipinski definition) is 2. The maximum absolute atomic E-state index is 12.6. The molecule has 100 valence electrons. The molecule has 2 heterocycles. The highest BCUT2D eigenvalue weighted by Gasteiger charge is 2.45. The summed E-state index contributed by atoms with van der Waals surface area (Å²) in [4.78, 5) is 16.9. The largest absolute Gasteiger partial charge is 0.325 e. The smallest absolute Gasteiger partial charge is 0.235 e. The van der Waals surface area contributed by atoms with Gasteiger partial charge < -0.3 is 5.32 Å². The van der Waals surface area contributed by atoms with E-state index in [2.05, 4.69) is 16.9 Å². The van der Waals surface area contributed by atoms with Crippen LogP contribution < -0.4 is 5.32 Å². The van der Waals surface area contributed by atoms with Crippen molar-refractivity contribution in [2.24, 2.45) is 0 Å². The second-order valence-electron chi connectivity index (χ2n) is 5.07. The minimum absolute atomic E-state index is 0.0317. The average molecular weight is 264 g/mol. The van der Waals surface area contributed by atoms with Gasteiger partial charge in [0.05, 0.1) is 5.41 Å². The van der Waals surface area contributed by atoms with Crippen molar-refractivity contribution in [2.45, 2.75) is 18.3 Å². The van der Waals surface area contributed by atoms with Crippen LogP contribution in [0.15, 0.2) is 61.3 Å². The van der Waals surface area contributed by atoms with Crippen LogP contribution in [0.25, 0.3) is 0 Å². The number of carbonyl (C=O) groups is 1. The van der Waals surface area contributed by atoms with E-state index in [9.17, 15) is 4.79 Å². The molecule has 0 bridgehead atoms. The van der Waals surface area contributed by atoms with Crippen molar-refractivity contribution < 1.29 is 4.79 Å². The van der Waals surface area contributed by atoms with Crippen molar-refractivity contribution in [3.63, 3.8) is 0 Å². The molecule has 1 atom stereocenters. The molecule has 1 N–H and O–H groups in total. The Hall–Kier alpha value is -2.42. The molecule has 2 aromatic rings. The Morgan fingerprint density at radius 1 is 1.20 bits per heavy atom. The zero-order valence-electron chi connectivity index (χ0n) is 11.2. The van der Waals surface area contributed by atoms with Crippen molar-refractivity contribution in [2.75, 3.05) is 5.32 Å². The van der Waals surface area contributed by atoms with E-state index in [0.29, 0.717) is 12.8 Å². The number of aromatic nitrogens is 1. The molecule has 0 aliphatic carbocycles. The topological polar surface area (TPSA) is 42.0 Å². The fourth-order valence-electron chi connectivity index (χ4n) is 2.88. The van der Waals surface area contributed by atoms with Gasteiger partial charge in [0.1, 0.15) is 0 Å². The number of rotatable bonds is 4. The standard InChI is InChI=1S/C17H16N2O/c1-2-10-17(12-13-7-5-6-11-18-13)14-8-3-4-9-15(14)19-16(17)20/h2-9,11H,1,10,12H2,(H,19,20). The number of para-hydroxylation sites is 1. The lowest BCUT2D eigenvalue weighted by Gasteiger charge is -2.25. The molecule has 0 fully saturated rings. The van der Waals surface area contributed by atoms with Gasteiger partial charge in [-0.15, -0.1) is 6.58 Å². The van der Waals surface area contributed by atoms with Crippen molar-refractivity contribution in [1.82, 2.24) is 4.98 Å². The molecule has 0 saturated heterocycles. The molecular formula is C17H16N2O. The first kappa shape index (κ1) is 12.6. The van der Waals surface area contributed by atoms with Crippen LogP contribution in [-0.4, -0.2) is 10.9 Å². The molecule has 1 amide bonds. The lowest BCUT2D eigenvalue weighted by atomic mass is 9.75. The predicted molar refractivity (Wildman–Crippen MR) is 79.5 cm³/mol. The van der Waals surface area contributed by atoms with E-state index in [4.69, 9.17) is 0 Å². The van der Waals surface area contributed by atoms with E-state index < -0.39 is 5.41 Å². The van der Waals surface area contributed by atoms with Crippen LogP contribution in [0.3, 0.4) is 0 Å². The van der Waals surface area contributed by atoms with Crippen molar-refractivity contribution in [3.05, 3.63) is 72.6 Å². The fraction of sp³-hybridized carbons (Fsp3) is 0.176. The number of nitrogens with zero attached hydrogens (tertiary/aromatic N) is 1. The molecular weight excluding hydrogens is 248 g/mol. The monoisotopic (exact) mass is 264 g/mol. The molecule has 0 saturated carbocycles. The van der Waals surface area contributed by atoms with Gasteiger partial charge in [-0.25, -0.2) is 0 Å². The zero-order chi connectivity index (χ0) is 14.0. The van der Waals surface area contributed by atoms with Gasteiger partial charge >= 0.3 is 0 Å². The molecule has 3 heteroatoms. The van der Waals surface area contributed by atoms with Crippen LogP contribution in [0.5, 0.6) is 0 Å². The van der Waals surface area contributed by atoms with Crippen molar-refractivity contribution >= 4 is 11.6 Å². The molecule has 1 aliphatic heterocycles. The van der Waals surface area contributed by atoms with E-state index in [1.54, 1.807) is 6.20 Å². The van der Waals surface area contributed by atoms with Crippen LogP contribution >= 0.6 is 0 Å². The summed E-state index contributed by atoms with van der Waals surface area (Å²) in [7, 11) is 0. The lowest BCUT2D eigenvalue weighted by molar-refractivity contribution is -0.120. The first-order valence-corrected chi connectivity index (χ1v) is 6.68. The SMILES string of the molecule is C=CCC1(Cc2ccccn2)C(=O)Nc2ccccc21. The third-order valence-corrected chi connectivity index (χ3v) is 3.83. The third kappa shape index (κ3) is 1.92. The second kappa shape index (κ2) is 4.93. The molecule has 0 radical (unpaired) electrons. The van der Waals surface area contributed by atoms with Crippen LogP contribution in [0.4, 0.5) is 5.69 Å². The summed E-state index contributed by atoms with van der Waals surface area (Å²) in [5, 5.41) is 2.98. The third-order valence-electron chi connectivity index (χ3n) is 3.83. The Morgan fingerprint density at radius 3 is 2.75 bits per heavy atom. The molecule has 1 unspecified atom stereocenters. The Bertz CT molecular complexity index is 651. The van der Waals surface area contributed by atoms with E-state index in [1.165, 1.54) is 0 Å². The Kier molecular flexibility index (Phi) is 3.11. The highest BCUT2D eigenvalue weighted by molar-refractivity contribution is 6.06. The van der Waals surface area contributed by atoms with Gasteiger partial charge in [-0.2, -0.15) is 0 Å². The zero-order valence-corrected chi connectivity index (χ0v) is 11.2. The van der Waals surface area contributed by atoms with E-state index in [0.717, 1.165) is 16.9 Å². The summed E-state index contributed by atoms with van der Waals surface area (Å²) in [6.07, 6.45) is 4.76. The number of nitrogens with one attached hydrogen (secondary N) is 1. The number of pyridine rings is 1. The van der Waals surface area contributed by atoms with Crippen molar-refractivity contribution in [3.8, 4) is 0 Å². The molecule has 20 heavy (non-hydrogen) atoms. The van der Waals surface area contributed by atoms with Gasteiger partial charge in [-0.3, -0.25) is 9.78 Å². The van der Waals surface area contributed by atoms with Crippen LogP contribution in [0.2, 0.25) is 0 Å². The van der Waals surface area contributed by atoms with Crippen LogP contribution in [0.1, 0.15) is 17.7 Å². The van der Waals surface area contributed by atoms with Gasteiger partial charge in [0.2, 0.25) is 5.91 Å². The van der Waals surface area contributed by atoms with Gasteiger partial charge in [-0.05, 0) is 30.2 Å². The van der Waals surface area contributed by atoms with Gasteiger partial charge in [0.25, 0.3) is 0 Å². The summed E-state index contributed by atoms with van der Waals surface area (Å²) in [5.41, 5.74) is 2.26. The van der Waals surface area contributed by atoms with Crippen LogP contribution in [0, 0.1) is 0 Å². The minimum atomic E-state index is -0.591. The first-order chi connectivity index (χ1) is 9.76. The number of benzene rings is 1. The number of allylic oxidation sites excluding steroid dienone is 1. The molecule has 1 aliphatic rings. The predicted octanol–water partition coefficient (Wildman–Crippen LogP) is 3.09. The summed E-state index contributed by atoms with van der Waals surface area (Å²) in [5.74, 6) is 0.0317. The van der Waals surface area contributed by atoms with Gasteiger partial charge in [0, 0.05) is 24.0 Å². The van der Waals surface area contributed by atoms with E-state index in [-0.39, 0.29) is 5.91 Å². The fourth-order valence-corrected chi connectivity index (χ4v) is 2.88. The molecule has 1 aromatic heterocycles. The lowest BCUT2D eigenvalue weighted by Crippen LogP contribution is -2.36. The highest BCUT2D eigenvalue weighted by atomic mass is 16.2. The first-order valence-electron chi connectivity index (χ1n) is 6.68. The average Bonchev–Trinajstić information content (AvgIpc) is 2.74. The molecule has 3 nitrogen and oxygen atoms in total. The normalized spacial score (nSPS) is 20.3. The van der Waals surface area contributed by atoms with E-state index in [1.807, 2.05) is 48.5 Å². The van der Waals surface area contributed by atoms with Crippen molar-refractivity contribution in [1.29, 1.82) is 0 Å². The Balaban J connectivity index is 2.08. The maximum atomic E-state index is 12.6. The number of hydrogen-bond donors (Lipinski definition) is 1. The van der Waals surface area contributed by atoms with Gasteiger partial charge in [0.15, 0.2) is 0 Å². The number of amides is 1. The molecule has 3 rings (SSSR count).